The lowest BCUT2D eigenvalue weighted by atomic mass is 10.0. The van der Waals surface area contributed by atoms with Crippen molar-refractivity contribution in [2.45, 2.75) is 284 Å². The highest BCUT2D eigenvalue weighted by Crippen LogP contribution is 2.16. The van der Waals surface area contributed by atoms with E-state index in [1.165, 1.54) is 173 Å². The van der Waals surface area contributed by atoms with Gasteiger partial charge >= 0.3 is 11.9 Å². The fraction of sp³-hybridized carbons (Fsp3) is 0.797. The minimum atomic E-state index is -0.556. The first kappa shape index (κ1) is 61.6. The molecule has 5 heteroatoms. The highest BCUT2D eigenvalue weighted by atomic mass is 16.6. The second-order valence-corrected chi connectivity index (χ2v) is 18.5. The molecule has 0 fully saturated rings. The normalized spacial score (nSPS) is 12.6. The minimum Gasteiger partial charge on any atom is -0.462 e. The Hall–Kier alpha value is -2.40. The van der Waals surface area contributed by atoms with Crippen LogP contribution < -0.4 is 0 Å². The average Bonchev–Trinajstić information content (AvgIpc) is 3.30. The van der Waals surface area contributed by atoms with Gasteiger partial charge in [-0.05, 0) is 57.8 Å². The topological polar surface area (TPSA) is 61.8 Å². The Balaban J connectivity index is 4.32. The SMILES string of the molecule is CC/C=C\C/C=C\C/C=C\C/C=C\C/C=C\CCCC(=O)OCC(COCCCCCCCCCCCCCCCCCC)OC(=O)CCCCCCCCCCCCCCCCC. The van der Waals surface area contributed by atoms with Gasteiger partial charge in [-0.1, -0.05) is 268 Å². The molecule has 0 aliphatic carbocycles. The van der Waals surface area contributed by atoms with Gasteiger partial charge in [-0.25, -0.2) is 0 Å². The van der Waals surface area contributed by atoms with Crippen molar-refractivity contribution < 1.29 is 23.8 Å². The number of hydrogen-bond donors (Lipinski definition) is 0. The van der Waals surface area contributed by atoms with E-state index in [-0.39, 0.29) is 25.2 Å². The van der Waals surface area contributed by atoms with Gasteiger partial charge in [0.2, 0.25) is 0 Å². The van der Waals surface area contributed by atoms with Crippen molar-refractivity contribution in [2.24, 2.45) is 0 Å². The van der Waals surface area contributed by atoms with Crippen molar-refractivity contribution >= 4 is 11.9 Å². The Labute approximate surface area is 398 Å². The van der Waals surface area contributed by atoms with Crippen LogP contribution in [0.3, 0.4) is 0 Å². The molecule has 0 amide bonds. The number of carbonyl (C=O) groups is 2. The van der Waals surface area contributed by atoms with Gasteiger partial charge in [0.1, 0.15) is 6.61 Å². The highest BCUT2D eigenvalue weighted by molar-refractivity contribution is 5.70. The summed E-state index contributed by atoms with van der Waals surface area (Å²) in [5, 5.41) is 0. The van der Waals surface area contributed by atoms with Crippen LogP contribution in [-0.4, -0.2) is 37.9 Å². The summed E-state index contributed by atoms with van der Waals surface area (Å²) in [6.45, 7) is 7.70. The molecule has 0 heterocycles. The zero-order valence-electron chi connectivity index (χ0n) is 42.8. The van der Waals surface area contributed by atoms with Gasteiger partial charge in [-0.3, -0.25) is 9.59 Å². The molecular formula is C59H106O5. The molecule has 0 spiro atoms. The summed E-state index contributed by atoms with van der Waals surface area (Å²) >= 11 is 0. The lowest BCUT2D eigenvalue weighted by Gasteiger charge is -2.18. The van der Waals surface area contributed by atoms with Gasteiger partial charge in [-0.2, -0.15) is 0 Å². The van der Waals surface area contributed by atoms with Crippen LogP contribution in [0.25, 0.3) is 0 Å². The van der Waals surface area contributed by atoms with Gasteiger partial charge in [0.15, 0.2) is 6.10 Å². The van der Waals surface area contributed by atoms with Crippen LogP contribution in [-0.2, 0) is 23.8 Å². The van der Waals surface area contributed by atoms with E-state index >= 15 is 0 Å². The molecular weight excluding hydrogens is 789 g/mol. The summed E-state index contributed by atoms with van der Waals surface area (Å²) in [4.78, 5) is 25.4. The monoisotopic (exact) mass is 895 g/mol. The van der Waals surface area contributed by atoms with Crippen molar-refractivity contribution in [3.63, 3.8) is 0 Å². The summed E-state index contributed by atoms with van der Waals surface area (Å²) < 4.78 is 17.4. The standard InChI is InChI=1S/C59H106O5/c1-4-7-10-13-16-19-22-25-28-30-32-34-37-40-43-46-49-52-58(60)63-56-57(55-62-54-51-48-45-42-39-36-33-29-26-23-20-17-14-11-8-5-2)64-59(61)53-50-47-44-41-38-35-31-27-24-21-18-15-12-9-6-3/h7,10,16,19,25,28,32,34,40,43,57H,4-6,8-9,11-15,17-18,20-24,26-27,29-31,33,35-39,41-42,44-56H2,1-3H3/b10-7-,19-16-,28-25-,34-32-,43-40-. The van der Waals surface area contributed by atoms with Gasteiger partial charge in [-0.15, -0.1) is 0 Å². The molecule has 0 bridgehead atoms. The van der Waals surface area contributed by atoms with Crippen LogP contribution in [0, 0.1) is 0 Å². The lowest BCUT2D eigenvalue weighted by molar-refractivity contribution is -0.163. The molecule has 0 aliphatic rings. The molecule has 0 saturated carbocycles. The predicted molar refractivity (Wildman–Crippen MR) is 279 cm³/mol. The molecule has 0 aromatic heterocycles. The maximum absolute atomic E-state index is 12.8. The second-order valence-electron chi connectivity index (χ2n) is 18.5. The third-order valence-corrected chi connectivity index (χ3v) is 12.1. The summed E-state index contributed by atoms with van der Waals surface area (Å²) in [6.07, 6.45) is 69.6. The van der Waals surface area contributed by atoms with Crippen molar-refractivity contribution in [3.05, 3.63) is 60.8 Å². The summed E-state index contributed by atoms with van der Waals surface area (Å²) in [5.74, 6) is -0.450. The largest absolute Gasteiger partial charge is 0.462 e. The summed E-state index contributed by atoms with van der Waals surface area (Å²) in [7, 11) is 0. The number of unbranched alkanes of at least 4 members (excludes halogenated alkanes) is 30. The number of hydrogen-bond acceptors (Lipinski definition) is 5. The first-order valence-electron chi connectivity index (χ1n) is 27.8. The van der Waals surface area contributed by atoms with E-state index in [1.54, 1.807) is 0 Å². The molecule has 0 saturated heterocycles. The van der Waals surface area contributed by atoms with E-state index in [0.29, 0.717) is 19.4 Å². The number of ether oxygens (including phenoxy) is 3. The molecule has 0 N–H and O–H groups in total. The van der Waals surface area contributed by atoms with Gasteiger partial charge in [0.05, 0.1) is 6.61 Å². The second kappa shape index (κ2) is 54.9. The molecule has 0 aliphatic heterocycles. The quantitative estimate of drug-likeness (QED) is 0.0346. The molecule has 1 atom stereocenters. The maximum Gasteiger partial charge on any atom is 0.306 e. The fourth-order valence-electron chi connectivity index (χ4n) is 7.96. The smallest absolute Gasteiger partial charge is 0.306 e. The van der Waals surface area contributed by atoms with E-state index in [9.17, 15) is 9.59 Å². The molecule has 372 valence electrons. The van der Waals surface area contributed by atoms with Gasteiger partial charge in [0, 0.05) is 19.4 Å². The van der Waals surface area contributed by atoms with Crippen molar-refractivity contribution in [2.75, 3.05) is 19.8 Å². The molecule has 0 aromatic rings. The molecule has 64 heavy (non-hydrogen) atoms. The van der Waals surface area contributed by atoms with E-state index < -0.39 is 6.10 Å². The Bertz CT molecular complexity index is 1100. The van der Waals surface area contributed by atoms with Crippen LogP contribution in [0.15, 0.2) is 60.8 Å². The molecule has 0 rings (SSSR count). The number of carbonyl (C=O) groups excluding carboxylic acids is 2. The zero-order valence-corrected chi connectivity index (χ0v) is 42.8. The van der Waals surface area contributed by atoms with Crippen LogP contribution in [0.1, 0.15) is 278 Å². The third kappa shape index (κ3) is 52.2. The Morgan fingerprint density at radius 2 is 0.703 bits per heavy atom. The van der Waals surface area contributed by atoms with Crippen LogP contribution in [0.5, 0.6) is 0 Å². The minimum absolute atomic E-state index is 0.0596. The van der Waals surface area contributed by atoms with Gasteiger partial charge in [0.25, 0.3) is 0 Å². The average molecular weight is 895 g/mol. The van der Waals surface area contributed by atoms with Crippen LogP contribution in [0.4, 0.5) is 0 Å². The number of esters is 2. The highest BCUT2D eigenvalue weighted by Gasteiger charge is 2.17. The summed E-state index contributed by atoms with van der Waals surface area (Å²) in [5.41, 5.74) is 0. The molecule has 1 unspecified atom stereocenters. The zero-order chi connectivity index (χ0) is 46.3. The first-order valence-corrected chi connectivity index (χ1v) is 27.8. The van der Waals surface area contributed by atoms with Crippen LogP contribution >= 0.6 is 0 Å². The summed E-state index contributed by atoms with van der Waals surface area (Å²) in [6, 6.07) is 0. The molecule has 0 aromatic carbocycles. The van der Waals surface area contributed by atoms with E-state index in [0.717, 1.165) is 70.6 Å². The van der Waals surface area contributed by atoms with E-state index in [1.807, 2.05) is 0 Å². The van der Waals surface area contributed by atoms with E-state index in [4.69, 9.17) is 14.2 Å². The Morgan fingerprint density at radius 3 is 1.11 bits per heavy atom. The lowest BCUT2D eigenvalue weighted by Crippen LogP contribution is -2.30. The van der Waals surface area contributed by atoms with Gasteiger partial charge < -0.3 is 14.2 Å². The fourth-order valence-corrected chi connectivity index (χ4v) is 7.96. The van der Waals surface area contributed by atoms with Crippen molar-refractivity contribution in [3.8, 4) is 0 Å². The molecule has 0 radical (unpaired) electrons. The van der Waals surface area contributed by atoms with E-state index in [2.05, 4.69) is 81.5 Å². The van der Waals surface area contributed by atoms with Crippen molar-refractivity contribution in [1.82, 2.24) is 0 Å². The Morgan fingerprint density at radius 1 is 0.359 bits per heavy atom. The van der Waals surface area contributed by atoms with Crippen molar-refractivity contribution in [1.29, 1.82) is 0 Å². The Kier molecular flexibility index (Phi) is 52.9. The maximum atomic E-state index is 12.8. The number of allylic oxidation sites excluding steroid dienone is 10. The predicted octanol–water partition coefficient (Wildman–Crippen LogP) is 18.9. The number of rotatable bonds is 51. The first-order chi connectivity index (χ1) is 31.6. The third-order valence-electron chi connectivity index (χ3n) is 12.1. The molecule has 5 nitrogen and oxygen atoms in total. The van der Waals surface area contributed by atoms with Crippen LogP contribution in [0.2, 0.25) is 0 Å².